The van der Waals surface area contributed by atoms with Gasteiger partial charge in [0.05, 0.1) is 5.75 Å². The van der Waals surface area contributed by atoms with Crippen LogP contribution in [-0.4, -0.2) is 77.9 Å². The SMILES string of the molecule is CCC(=O)CS(C)(OS(=O)(=O)C(F)(F)C(F)(F)C(F)(F)C(F)(F)C(F)(F)C(F)(F)C(F)(F)C(F)(F)F)C(C)(C)C. The lowest BCUT2D eigenvalue weighted by atomic mass is 9.91. The molecule has 0 aliphatic carbocycles. The Labute approximate surface area is 216 Å². The lowest BCUT2D eigenvalue weighted by Crippen LogP contribution is -2.75. The third-order valence-corrected chi connectivity index (χ3v) is 11.6. The van der Waals surface area contributed by atoms with Crippen LogP contribution in [0, 0.1) is 0 Å². The molecule has 0 aromatic heterocycles. The van der Waals surface area contributed by atoms with Gasteiger partial charge < -0.3 is 0 Å². The van der Waals surface area contributed by atoms with E-state index < -0.39 is 90.1 Å². The van der Waals surface area contributed by atoms with Gasteiger partial charge in [-0.2, -0.15) is 83.1 Å². The van der Waals surface area contributed by atoms with Crippen molar-refractivity contribution in [1.82, 2.24) is 0 Å². The first-order chi connectivity index (χ1) is 16.9. The smallest absolute Gasteiger partial charge is 0.299 e. The van der Waals surface area contributed by atoms with Crippen molar-refractivity contribution in [3.8, 4) is 0 Å². The highest BCUT2D eigenvalue weighted by atomic mass is 32.3. The van der Waals surface area contributed by atoms with E-state index in [4.69, 9.17) is 0 Å². The maximum Gasteiger partial charge on any atom is 0.460 e. The van der Waals surface area contributed by atoms with Crippen LogP contribution in [0.5, 0.6) is 0 Å². The van der Waals surface area contributed by atoms with E-state index in [9.17, 15) is 87.8 Å². The van der Waals surface area contributed by atoms with Crippen LogP contribution in [0.2, 0.25) is 0 Å². The van der Waals surface area contributed by atoms with Gasteiger partial charge in [0, 0.05) is 11.2 Å². The molecule has 0 amide bonds. The Kier molecular flexibility index (Phi) is 9.86. The topological polar surface area (TPSA) is 60.4 Å². The monoisotopic (exact) mass is 674 g/mol. The minimum absolute atomic E-state index is 0.481. The van der Waals surface area contributed by atoms with Crippen molar-refractivity contribution in [2.75, 3.05) is 12.0 Å². The molecule has 1 atom stereocenters. The second kappa shape index (κ2) is 10.2. The number of carbonyl (C=O) groups is 1. The second-order valence-electron chi connectivity index (χ2n) is 9.14. The van der Waals surface area contributed by atoms with Crippen molar-refractivity contribution in [1.29, 1.82) is 0 Å². The lowest BCUT2D eigenvalue weighted by molar-refractivity contribution is -0.458. The van der Waals surface area contributed by atoms with Crippen molar-refractivity contribution in [3.63, 3.8) is 0 Å². The van der Waals surface area contributed by atoms with E-state index in [1.807, 2.05) is 0 Å². The predicted octanol–water partition coefficient (Wildman–Crippen LogP) is 7.43. The fraction of sp³-hybridized carbons (Fsp3) is 0.941. The predicted molar refractivity (Wildman–Crippen MR) is 104 cm³/mol. The number of alkyl halides is 17. The van der Waals surface area contributed by atoms with Gasteiger partial charge in [-0.05, 0) is 6.26 Å². The maximum atomic E-state index is 14.3. The molecule has 0 saturated heterocycles. The van der Waals surface area contributed by atoms with Gasteiger partial charge in [0.25, 0.3) is 0 Å². The Hall–Kier alpha value is -1.26. The van der Waals surface area contributed by atoms with Crippen LogP contribution < -0.4 is 0 Å². The number of carbonyl (C=O) groups excluding carboxylic acids is 1. The molecule has 4 nitrogen and oxygen atoms in total. The zero-order chi connectivity index (χ0) is 33.2. The summed E-state index contributed by atoms with van der Waals surface area (Å²) in [5.41, 5.74) is 0. The summed E-state index contributed by atoms with van der Waals surface area (Å²) >= 11 is 0. The molecule has 1 unspecified atom stereocenters. The highest BCUT2D eigenvalue weighted by molar-refractivity contribution is 8.33. The Morgan fingerprint density at radius 1 is 0.600 bits per heavy atom. The fourth-order valence-electron chi connectivity index (χ4n) is 2.30. The molecule has 23 heteroatoms. The zero-order valence-electron chi connectivity index (χ0n) is 20.3. The fourth-order valence-corrected chi connectivity index (χ4v) is 6.92. The number of ketones is 1. The lowest BCUT2D eigenvalue weighted by Gasteiger charge is -2.46. The van der Waals surface area contributed by atoms with E-state index in [1.165, 1.54) is 0 Å². The van der Waals surface area contributed by atoms with Gasteiger partial charge >= 0.3 is 57.1 Å². The first kappa shape index (κ1) is 38.7. The number of hydrogen-bond donors (Lipinski definition) is 0. The first-order valence-electron chi connectivity index (χ1n) is 9.85. The first-order valence-corrected chi connectivity index (χ1v) is 13.4. The average molecular weight is 674 g/mol. The molecule has 0 bridgehead atoms. The van der Waals surface area contributed by atoms with E-state index in [2.05, 4.69) is 3.63 Å². The summed E-state index contributed by atoms with van der Waals surface area (Å²) in [6.45, 7) is 3.92. The molecule has 0 aromatic carbocycles. The molecular weight excluding hydrogens is 655 g/mol. The Morgan fingerprint density at radius 2 is 0.900 bits per heavy atom. The van der Waals surface area contributed by atoms with Crippen molar-refractivity contribution in [2.24, 2.45) is 0 Å². The van der Waals surface area contributed by atoms with Gasteiger partial charge in [-0.15, -0.1) is 10.3 Å². The molecule has 0 N–H and O–H groups in total. The van der Waals surface area contributed by atoms with Crippen LogP contribution in [0.3, 0.4) is 0 Å². The highest BCUT2D eigenvalue weighted by Crippen LogP contribution is 2.66. The highest BCUT2D eigenvalue weighted by Gasteiger charge is 2.96. The van der Waals surface area contributed by atoms with Gasteiger partial charge in [0.15, 0.2) is 0 Å². The van der Waals surface area contributed by atoms with Crippen LogP contribution in [0.4, 0.5) is 74.6 Å². The van der Waals surface area contributed by atoms with Gasteiger partial charge in [-0.3, -0.25) is 4.79 Å². The quantitative estimate of drug-likeness (QED) is 0.202. The second-order valence-corrected chi connectivity index (χ2v) is 14.6. The zero-order valence-corrected chi connectivity index (χ0v) is 21.9. The molecule has 0 spiro atoms. The summed E-state index contributed by atoms with van der Waals surface area (Å²) in [7, 11) is -11.8. The van der Waals surface area contributed by atoms with E-state index in [1.54, 1.807) is 0 Å². The average Bonchev–Trinajstić information content (AvgIpc) is 2.70. The molecule has 40 heavy (non-hydrogen) atoms. The molecule has 0 aliphatic heterocycles. The van der Waals surface area contributed by atoms with Crippen molar-refractivity contribution < 1.29 is 91.5 Å². The third kappa shape index (κ3) is 5.46. The summed E-state index contributed by atoms with van der Waals surface area (Å²) in [4.78, 5) is 11.7. The van der Waals surface area contributed by atoms with E-state index in [0.29, 0.717) is 6.26 Å². The van der Waals surface area contributed by atoms with Gasteiger partial charge in [-0.25, -0.2) is 3.63 Å². The van der Waals surface area contributed by atoms with E-state index >= 15 is 0 Å². The maximum absolute atomic E-state index is 14.3. The minimum Gasteiger partial charge on any atom is -0.299 e. The molecule has 0 heterocycles. The van der Waals surface area contributed by atoms with Crippen LogP contribution in [0.25, 0.3) is 0 Å². The van der Waals surface area contributed by atoms with E-state index in [-0.39, 0.29) is 0 Å². The minimum atomic E-state index is -8.93. The molecule has 0 saturated carbocycles. The van der Waals surface area contributed by atoms with Gasteiger partial charge in [0.2, 0.25) is 0 Å². The number of hydrogen-bond acceptors (Lipinski definition) is 4. The number of rotatable bonds is 12. The summed E-state index contributed by atoms with van der Waals surface area (Å²) < 4.78 is 254. The molecule has 0 rings (SSSR count). The number of Topliss-reactive ketones (excluding diaryl/α,β-unsaturated/α-hetero) is 1. The molecule has 0 fully saturated rings. The molecule has 242 valence electrons. The van der Waals surface area contributed by atoms with Gasteiger partial charge in [-0.1, -0.05) is 27.7 Å². The largest absolute Gasteiger partial charge is 0.460 e. The normalized spacial score (nSPS) is 18.4. The molecule has 0 aromatic rings. The third-order valence-electron chi connectivity index (χ3n) is 5.37. The summed E-state index contributed by atoms with van der Waals surface area (Å²) in [5.74, 6) is -54.4. The van der Waals surface area contributed by atoms with Crippen LogP contribution in [0.15, 0.2) is 0 Å². The summed E-state index contributed by atoms with van der Waals surface area (Å²) in [6, 6.07) is 0. The number of halogens is 17. The van der Waals surface area contributed by atoms with Crippen LogP contribution in [-0.2, 0) is 18.5 Å². The van der Waals surface area contributed by atoms with Crippen LogP contribution in [0.1, 0.15) is 34.1 Å². The Morgan fingerprint density at radius 3 is 1.18 bits per heavy atom. The Bertz CT molecular complexity index is 1060. The van der Waals surface area contributed by atoms with E-state index in [0.717, 1.165) is 27.7 Å². The summed E-state index contributed by atoms with van der Waals surface area (Å²) in [6.07, 6.45) is -7.86. The van der Waals surface area contributed by atoms with Crippen molar-refractivity contribution in [3.05, 3.63) is 0 Å². The summed E-state index contributed by atoms with van der Waals surface area (Å²) in [5, 5.41) is -7.79. The standard InChI is InChI=1S/C17H19F17O4S2/c1-6-8(35)7-39(5,9(2,3)4)38-40(36,37)17(33,34)15(28,29)13(24,25)11(20,21)10(18,19)12(22,23)14(26,27)16(30,31)32/h6-7H2,1-5H3. The molecular formula is C17H19F17O4S2. The van der Waals surface area contributed by atoms with Crippen molar-refractivity contribution >= 4 is 26.2 Å². The van der Waals surface area contributed by atoms with Crippen LogP contribution >= 0.6 is 10.3 Å². The molecule has 0 radical (unpaired) electrons. The molecule has 0 aliphatic rings. The van der Waals surface area contributed by atoms with Crippen molar-refractivity contribution in [2.45, 2.75) is 85.8 Å². The van der Waals surface area contributed by atoms with Gasteiger partial charge in [0.1, 0.15) is 5.78 Å². The Balaban J connectivity index is 7.13.